The van der Waals surface area contributed by atoms with Crippen LogP contribution in [-0.2, 0) is 35.2 Å². The molecule has 0 bridgehead atoms. The highest BCUT2D eigenvalue weighted by molar-refractivity contribution is 9.28. The third kappa shape index (κ3) is 10.3. The first-order chi connectivity index (χ1) is 18.9. The third-order valence-electron chi connectivity index (χ3n) is 6.04. The van der Waals surface area contributed by atoms with Crippen LogP contribution in [0, 0.1) is 28.6 Å². The van der Waals surface area contributed by atoms with Crippen molar-refractivity contribution in [3.63, 3.8) is 0 Å². The summed E-state index contributed by atoms with van der Waals surface area (Å²) in [7, 11) is 4.55. The zero-order valence-corrected chi connectivity index (χ0v) is 28.3. The van der Waals surface area contributed by atoms with Gasteiger partial charge in [-0.3, -0.25) is 9.59 Å². The van der Waals surface area contributed by atoms with E-state index in [0.717, 1.165) is 3.39 Å². The number of nitriles is 1. The molecule has 1 saturated carbocycles. The number of benzene rings is 2. The smallest absolute Gasteiger partial charge is 0.311 e. The normalized spacial score (nSPS) is 17.6. The zero-order chi connectivity index (χ0) is 29.9. The van der Waals surface area contributed by atoms with Crippen LogP contribution in [0.25, 0.3) is 0 Å². The summed E-state index contributed by atoms with van der Waals surface area (Å²) < 4.78 is 22.1. The van der Waals surface area contributed by atoms with Crippen LogP contribution < -0.4 is 10.1 Å². The molecule has 8 nitrogen and oxygen atoms in total. The van der Waals surface area contributed by atoms with E-state index in [4.69, 9.17) is 30.3 Å². The van der Waals surface area contributed by atoms with Crippen molar-refractivity contribution >= 4 is 72.6 Å². The van der Waals surface area contributed by atoms with Crippen LogP contribution >= 0.6 is 48.9 Å². The molecular formula is C27H31Br2N2O6PS2. The van der Waals surface area contributed by atoms with Gasteiger partial charge in [0.1, 0.15) is 17.6 Å². The molecule has 3 atom stereocenters. The number of allylic oxidation sites excluding steroid dienone is 1. The second kappa shape index (κ2) is 16.1. The van der Waals surface area contributed by atoms with Crippen LogP contribution in [-0.4, -0.2) is 38.9 Å². The predicted octanol–water partition coefficient (Wildman–Crippen LogP) is 7.47. The van der Waals surface area contributed by atoms with Gasteiger partial charge in [0.15, 0.2) is 0 Å². The van der Waals surface area contributed by atoms with E-state index in [1.165, 1.54) is 25.6 Å². The minimum Gasteiger partial charge on any atom is -0.457 e. The van der Waals surface area contributed by atoms with Crippen LogP contribution in [0.5, 0.6) is 11.5 Å². The van der Waals surface area contributed by atoms with Gasteiger partial charge in [-0.1, -0.05) is 61.6 Å². The van der Waals surface area contributed by atoms with Crippen LogP contribution in [0.1, 0.15) is 25.5 Å². The molecule has 0 radical (unpaired) electrons. The van der Waals surface area contributed by atoms with Gasteiger partial charge < -0.3 is 23.8 Å². The number of para-hydroxylation sites is 1. The second-order valence-corrected chi connectivity index (χ2v) is 18.3. The SMILES string of the molecule is CC1(C)[C@H](C(=O)O[C@H](C#N)c2cccc(Oc3ccccc3)c2)[C@@H]1C=C(Br)Br.CNC(=O)CSP(=S)(OC)OC. The summed E-state index contributed by atoms with van der Waals surface area (Å²) in [6, 6.07) is 18.5. The Morgan fingerprint density at radius 1 is 1.15 bits per heavy atom. The Labute approximate surface area is 261 Å². The molecule has 2 aromatic carbocycles. The molecule has 2 aromatic rings. The Morgan fingerprint density at radius 3 is 2.33 bits per heavy atom. The highest BCUT2D eigenvalue weighted by Gasteiger charge is 2.61. The molecular weight excluding hydrogens is 703 g/mol. The Bertz CT molecular complexity index is 1280. The Morgan fingerprint density at radius 2 is 1.77 bits per heavy atom. The largest absolute Gasteiger partial charge is 0.457 e. The lowest BCUT2D eigenvalue weighted by atomic mass is 10.1. The van der Waals surface area contributed by atoms with E-state index in [1.807, 2.05) is 50.3 Å². The Balaban J connectivity index is 0.000000395. The average Bonchev–Trinajstić information content (AvgIpc) is 3.49. The van der Waals surface area contributed by atoms with E-state index in [1.54, 1.807) is 31.3 Å². The van der Waals surface area contributed by atoms with Crippen LogP contribution in [0.3, 0.4) is 0 Å². The molecule has 1 N–H and O–H groups in total. The fourth-order valence-electron chi connectivity index (χ4n) is 3.69. The maximum atomic E-state index is 12.7. The molecule has 1 amide bonds. The van der Waals surface area contributed by atoms with E-state index < -0.39 is 11.8 Å². The van der Waals surface area contributed by atoms with Crippen molar-refractivity contribution in [2.45, 2.75) is 20.0 Å². The number of carbonyl (C=O) groups excluding carboxylic acids is 2. The molecule has 40 heavy (non-hydrogen) atoms. The lowest BCUT2D eigenvalue weighted by Crippen LogP contribution is -2.19. The number of hydrogen-bond acceptors (Lipinski definition) is 9. The van der Waals surface area contributed by atoms with Gasteiger partial charge in [0.05, 0.1) is 15.1 Å². The first-order valence-electron chi connectivity index (χ1n) is 11.9. The van der Waals surface area contributed by atoms with Crippen molar-refractivity contribution in [3.8, 4) is 17.6 Å². The van der Waals surface area contributed by atoms with Gasteiger partial charge >= 0.3 is 5.97 Å². The lowest BCUT2D eigenvalue weighted by molar-refractivity contribution is -0.149. The number of amides is 1. The third-order valence-corrected chi connectivity index (χ3v) is 12.2. The number of ether oxygens (including phenoxy) is 2. The molecule has 13 heteroatoms. The number of halogens is 2. The number of hydrogen-bond donors (Lipinski definition) is 1. The van der Waals surface area contributed by atoms with Gasteiger partial charge in [-0.25, -0.2) is 0 Å². The van der Waals surface area contributed by atoms with E-state index in [-0.39, 0.29) is 34.9 Å². The van der Waals surface area contributed by atoms with Gasteiger partial charge in [-0.05, 0) is 79.3 Å². The molecule has 0 aliphatic heterocycles. The topological polar surface area (TPSA) is 107 Å². The highest BCUT2D eigenvalue weighted by atomic mass is 79.9. The van der Waals surface area contributed by atoms with Crippen molar-refractivity contribution in [3.05, 3.63) is 69.6 Å². The van der Waals surface area contributed by atoms with Crippen molar-refractivity contribution in [2.24, 2.45) is 17.3 Å². The maximum absolute atomic E-state index is 12.7. The number of carbonyl (C=O) groups is 2. The summed E-state index contributed by atoms with van der Waals surface area (Å²) in [5.74, 6) is 0.876. The summed E-state index contributed by atoms with van der Waals surface area (Å²) in [6.45, 7) is 4.03. The average molecular weight is 734 g/mol. The molecule has 0 aromatic heterocycles. The van der Waals surface area contributed by atoms with Gasteiger partial charge in [0.2, 0.25) is 17.7 Å². The Hall–Kier alpha value is -1.71. The summed E-state index contributed by atoms with van der Waals surface area (Å²) in [4.78, 5) is 23.5. The standard InChI is InChI=1S/C22H19Br2NO3.C5H12NO3PS2/c1-22(2)17(12-19(23)24)20(22)21(26)28-18(13-25)14-7-6-10-16(11-14)27-15-8-4-3-5-9-15;1-6-5(7)4-12-10(11,8-2)9-3/h3-12,17-18,20H,1-2H3;4H2,1-3H3,(H,6,7)/t17-,18+,20-;/m0./s1. The quantitative estimate of drug-likeness (QED) is 0.186. The molecule has 1 fully saturated rings. The van der Waals surface area contributed by atoms with E-state index in [2.05, 4.69) is 43.2 Å². The minimum atomic E-state index is -2.26. The van der Waals surface area contributed by atoms with Crippen molar-refractivity contribution < 1.29 is 28.1 Å². The van der Waals surface area contributed by atoms with Crippen molar-refractivity contribution in [2.75, 3.05) is 27.0 Å². The van der Waals surface area contributed by atoms with Crippen molar-refractivity contribution in [1.29, 1.82) is 5.26 Å². The number of esters is 1. The molecule has 1 aliphatic carbocycles. The fraction of sp³-hybridized carbons (Fsp3) is 0.370. The van der Waals surface area contributed by atoms with Gasteiger partial charge in [0, 0.05) is 26.8 Å². The molecule has 0 spiro atoms. The van der Waals surface area contributed by atoms with Gasteiger partial charge in [-0.2, -0.15) is 5.26 Å². The van der Waals surface area contributed by atoms with Crippen LogP contribution in [0.15, 0.2) is 64.1 Å². The van der Waals surface area contributed by atoms with E-state index in [9.17, 15) is 14.9 Å². The van der Waals surface area contributed by atoms with E-state index >= 15 is 0 Å². The molecule has 216 valence electrons. The van der Waals surface area contributed by atoms with Crippen molar-refractivity contribution in [1.82, 2.24) is 5.32 Å². The molecule has 0 heterocycles. The van der Waals surface area contributed by atoms with E-state index in [0.29, 0.717) is 17.1 Å². The van der Waals surface area contributed by atoms with Gasteiger partial charge in [-0.15, -0.1) is 0 Å². The summed E-state index contributed by atoms with van der Waals surface area (Å²) in [5.41, 5.74) is -1.89. The summed E-state index contributed by atoms with van der Waals surface area (Å²) in [5, 5.41) is 12.0. The second-order valence-electron chi connectivity index (χ2n) is 8.97. The molecule has 1 aliphatic rings. The zero-order valence-electron chi connectivity index (χ0n) is 22.6. The lowest BCUT2D eigenvalue weighted by Gasteiger charge is -2.15. The summed E-state index contributed by atoms with van der Waals surface area (Å²) >= 11 is 12.9. The first-order valence-corrected chi connectivity index (χ1v) is 17.7. The maximum Gasteiger partial charge on any atom is 0.311 e. The predicted molar refractivity (Wildman–Crippen MR) is 169 cm³/mol. The minimum absolute atomic E-state index is 0.0563. The first kappa shape index (κ1) is 34.5. The Kier molecular flexibility index (Phi) is 13.9. The number of nitrogens with zero attached hydrogens (tertiary/aromatic N) is 1. The molecule has 3 rings (SSSR count). The highest BCUT2D eigenvalue weighted by Crippen LogP contribution is 2.61. The molecule has 0 unspecified atom stereocenters. The fourth-order valence-corrected chi connectivity index (χ4v) is 6.97. The van der Waals surface area contributed by atoms with Crippen LogP contribution in [0.2, 0.25) is 0 Å². The number of nitrogens with one attached hydrogen (secondary N) is 1. The van der Waals surface area contributed by atoms with Crippen LogP contribution in [0.4, 0.5) is 0 Å². The monoisotopic (exact) mass is 732 g/mol. The number of rotatable bonds is 11. The molecule has 0 saturated heterocycles. The summed E-state index contributed by atoms with van der Waals surface area (Å²) in [6.07, 6.45) is 0.960. The van der Waals surface area contributed by atoms with Gasteiger partial charge in [0.25, 0.3) is 0 Å².